The van der Waals surface area contributed by atoms with Crippen molar-refractivity contribution in [1.29, 1.82) is 0 Å². The minimum absolute atomic E-state index is 0.0221. The Morgan fingerprint density at radius 1 is 1.30 bits per heavy atom. The Morgan fingerprint density at radius 3 is 2.61 bits per heavy atom. The Hall–Kier alpha value is -1.86. The first kappa shape index (κ1) is 17.5. The second kappa shape index (κ2) is 8.12. The summed E-state index contributed by atoms with van der Waals surface area (Å²) in [6.45, 7) is 5.64. The molecule has 0 aliphatic carbocycles. The summed E-state index contributed by atoms with van der Waals surface area (Å²) < 4.78 is 0. The van der Waals surface area contributed by atoms with E-state index >= 15 is 0 Å². The van der Waals surface area contributed by atoms with Crippen LogP contribution in [0.2, 0.25) is 0 Å². The van der Waals surface area contributed by atoms with Crippen LogP contribution in [0.4, 0.5) is 5.69 Å². The number of piperazine rings is 1. The van der Waals surface area contributed by atoms with Crippen molar-refractivity contribution >= 4 is 5.69 Å². The highest BCUT2D eigenvalue weighted by atomic mass is 16.6. The topological polar surface area (TPSA) is 98.9 Å². The van der Waals surface area contributed by atoms with E-state index in [9.17, 15) is 20.3 Å². The monoisotopic (exact) mass is 323 g/mol. The summed E-state index contributed by atoms with van der Waals surface area (Å²) in [6.07, 6.45) is 4.12. The van der Waals surface area contributed by atoms with Gasteiger partial charge in [-0.25, -0.2) is 0 Å². The third kappa shape index (κ3) is 4.33. The molecule has 2 rings (SSSR count). The van der Waals surface area contributed by atoms with Crippen LogP contribution >= 0.6 is 0 Å². The fraction of sp³-hybridized carbons (Fsp3) is 0.625. The number of aromatic hydroxyl groups is 2. The van der Waals surface area contributed by atoms with E-state index in [-0.39, 0.29) is 6.04 Å². The summed E-state index contributed by atoms with van der Waals surface area (Å²) in [4.78, 5) is 12.7. The second-order valence-corrected chi connectivity index (χ2v) is 5.96. The molecule has 0 saturated carbocycles. The molecule has 1 aliphatic heterocycles. The minimum atomic E-state index is -0.661. The van der Waals surface area contributed by atoms with Crippen LogP contribution in [0.25, 0.3) is 0 Å². The molecule has 3 N–H and O–H groups in total. The van der Waals surface area contributed by atoms with Gasteiger partial charge in [-0.15, -0.1) is 0 Å². The van der Waals surface area contributed by atoms with Crippen LogP contribution in [0.15, 0.2) is 12.1 Å². The van der Waals surface area contributed by atoms with Gasteiger partial charge in [-0.05, 0) is 18.1 Å². The highest BCUT2D eigenvalue weighted by molar-refractivity contribution is 5.57. The smallest absolute Gasteiger partial charge is 0.314 e. The fourth-order valence-electron chi connectivity index (χ4n) is 3.10. The van der Waals surface area contributed by atoms with Crippen LogP contribution in [0.3, 0.4) is 0 Å². The van der Waals surface area contributed by atoms with Gasteiger partial charge < -0.3 is 15.5 Å². The summed E-state index contributed by atoms with van der Waals surface area (Å²) >= 11 is 0. The number of hydrogen-bond donors (Lipinski definition) is 3. The van der Waals surface area contributed by atoms with E-state index < -0.39 is 22.1 Å². The molecule has 0 radical (unpaired) electrons. The van der Waals surface area contributed by atoms with E-state index in [1.807, 2.05) is 0 Å². The molecule has 1 aliphatic rings. The van der Waals surface area contributed by atoms with Gasteiger partial charge in [-0.3, -0.25) is 15.0 Å². The third-order valence-corrected chi connectivity index (χ3v) is 4.35. The van der Waals surface area contributed by atoms with Crippen molar-refractivity contribution in [3.63, 3.8) is 0 Å². The van der Waals surface area contributed by atoms with E-state index in [2.05, 4.69) is 17.1 Å². The summed E-state index contributed by atoms with van der Waals surface area (Å²) in [5.41, 5.74) is 0.264. The number of benzene rings is 1. The zero-order valence-electron chi connectivity index (χ0n) is 13.5. The molecule has 7 heteroatoms. The van der Waals surface area contributed by atoms with Crippen LogP contribution in [-0.4, -0.2) is 46.2 Å². The van der Waals surface area contributed by atoms with Crippen LogP contribution in [0.1, 0.15) is 44.2 Å². The molecule has 0 bridgehead atoms. The van der Waals surface area contributed by atoms with Crippen molar-refractivity contribution in [1.82, 2.24) is 10.2 Å². The summed E-state index contributed by atoms with van der Waals surface area (Å²) in [5, 5.41) is 33.9. The zero-order valence-corrected chi connectivity index (χ0v) is 13.5. The van der Waals surface area contributed by atoms with Crippen molar-refractivity contribution in [3.8, 4) is 11.5 Å². The lowest BCUT2D eigenvalue weighted by molar-refractivity contribution is -0.386. The number of nitrogens with one attached hydrogen (secondary N) is 1. The molecule has 1 fully saturated rings. The highest BCUT2D eigenvalue weighted by Gasteiger charge is 2.26. The number of hydrogen-bond acceptors (Lipinski definition) is 6. The van der Waals surface area contributed by atoms with Crippen LogP contribution in [-0.2, 0) is 0 Å². The van der Waals surface area contributed by atoms with Gasteiger partial charge in [0.05, 0.1) is 4.92 Å². The average molecular weight is 323 g/mol. The minimum Gasteiger partial charge on any atom is -0.504 e. The van der Waals surface area contributed by atoms with Gasteiger partial charge in [0.1, 0.15) is 0 Å². The number of rotatable bonds is 7. The van der Waals surface area contributed by atoms with Gasteiger partial charge in [0.25, 0.3) is 0 Å². The summed E-state index contributed by atoms with van der Waals surface area (Å²) in [7, 11) is 0. The van der Waals surface area contributed by atoms with Gasteiger partial charge in [0.15, 0.2) is 5.75 Å². The molecule has 0 spiro atoms. The number of unbranched alkanes of at least 4 members (excludes halogenated alkanes) is 2. The first-order valence-electron chi connectivity index (χ1n) is 8.19. The number of nitrogens with zero attached hydrogens (tertiary/aromatic N) is 2. The number of phenolic OH excluding ortho intramolecular Hbond substituents is 2. The van der Waals surface area contributed by atoms with Crippen LogP contribution in [0.5, 0.6) is 11.5 Å². The van der Waals surface area contributed by atoms with E-state index in [4.69, 9.17) is 0 Å². The van der Waals surface area contributed by atoms with Crippen molar-refractivity contribution < 1.29 is 15.1 Å². The van der Waals surface area contributed by atoms with Crippen molar-refractivity contribution in [2.75, 3.05) is 26.2 Å². The molecule has 1 atom stereocenters. The molecular weight excluding hydrogens is 298 g/mol. The zero-order chi connectivity index (χ0) is 16.8. The molecule has 0 unspecified atom stereocenters. The fourth-order valence-corrected chi connectivity index (χ4v) is 3.10. The number of phenols is 2. The Kier molecular flexibility index (Phi) is 6.18. The van der Waals surface area contributed by atoms with E-state index in [1.54, 1.807) is 0 Å². The highest BCUT2D eigenvalue weighted by Crippen LogP contribution is 2.40. The first-order chi connectivity index (χ1) is 11.0. The maximum Gasteiger partial charge on any atom is 0.314 e. The predicted octanol–water partition coefficient (Wildman–Crippen LogP) is 2.53. The molecule has 1 saturated heterocycles. The second-order valence-electron chi connectivity index (χ2n) is 5.96. The predicted molar refractivity (Wildman–Crippen MR) is 87.8 cm³/mol. The average Bonchev–Trinajstić information content (AvgIpc) is 2.55. The van der Waals surface area contributed by atoms with Crippen molar-refractivity contribution in [2.45, 2.75) is 38.6 Å². The van der Waals surface area contributed by atoms with Crippen LogP contribution in [0, 0.1) is 10.1 Å². The molecule has 1 aromatic carbocycles. The van der Waals surface area contributed by atoms with E-state index in [1.165, 1.54) is 12.1 Å². The van der Waals surface area contributed by atoms with Gasteiger partial charge >= 0.3 is 5.69 Å². The lowest BCUT2D eigenvalue weighted by atomic mass is 9.97. The van der Waals surface area contributed by atoms with Crippen molar-refractivity contribution in [2.24, 2.45) is 0 Å². The van der Waals surface area contributed by atoms with E-state index in [0.717, 1.165) is 51.9 Å². The lowest BCUT2D eigenvalue weighted by Crippen LogP contribution is -2.45. The molecule has 7 nitrogen and oxygen atoms in total. The molecule has 23 heavy (non-hydrogen) atoms. The molecule has 0 amide bonds. The summed E-state index contributed by atoms with van der Waals surface area (Å²) in [6, 6.07) is 2.88. The molecule has 128 valence electrons. The van der Waals surface area contributed by atoms with Gasteiger partial charge in [0, 0.05) is 38.3 Å². The van der Waals surface area contributed by atoms with Crippen LogP contribution < -0.4 is 5.32 Å². The number of nitro groups is 1. The first-order valence-corrected chi connectivity index (χ1v) is 8.19. The van der Waals surface area contributed by atoms with Crippen molar-refractivity contribution in [3.05, 3.63) is 27.8 Å². The van der Waals surface area contributed by atoms with Gasteiger partial charge in [0.2, 0.25) is 5.75 Å². The van der Waals surface area contributed by atoms with E-state index in [0.29, 0.717) is 5.56 Å². The third-order valence-electron chi connectivity index (χ3n) is 4.35. The maximum atomic E-state index is 11.1. The number of nitro benzene ring substituents is 1. The normalized spacial score (nSPS) is 17.1. The van der Waals surface area contributed by atoms with Gasteiger partial charge in [-0.2, -0.15) is 0 Å². The Morgan fingerprint density at radius 2 is 2.00 bits per heavy atom. The quantitative estimate of drug-likeness (QED) is 0.309. The largest absolute Gasteiger partial charge is 0.504 e. The Bertz CT molecular complexity index is 544. The molecule has 1 aromatic rings. The van der Waals surface area contributed by atoms with Gasteiger partial charge in [-0.1, -0.05) is 26.2 Å². The Labute approximate surface area is 136 Å². The Balaban J connectivity index is 2.31. The SMILES string of the molecule is CCCCC[C@H](c1cc(O)c(O)c([N+](=O)[O-])c1)N1CCNCC1. The molecular formula is C16H25N3O4. The molecule has 0 aromatic heterocycles. The lowest BCUT2D eigenvalue weighted by Gasteiger charge is -2.35. The summed E-state index contributed by atoms with van der Waals surface area (Å²) in [5.74, 6) is -1.09. The standard InChI is InChI=1S/C16H25N3O4/c1-2-3-4-5-13(18-8-6-17-7-9-18)12-10-14(19(22)23)16(21)15(20)11-12/h10-11,13,17,20-21H,2-9H2,1H3/t13-/m1/s1. The maximum absolute atomic E-state index is 11.1. The molecule has 1 heterocycles.